The molecule has 8 nitrogen and oxygen atoms in total. The summed E-state index contributed by atoms with van der Waals surface area (Å²) in [4.78, 5) is 39.3. The fourth-order valence-electron chi connectivity index (χ4n) is 3.31. The van der Waals surface area contributed by atoms with Crippen molar-refractivity contribution >= 4 is 29.3 Å². The van der Waals surface area contributed by atoms with Gasteiger partial charge < -0.3 is 26.6 Å². The van der Waals surface area contributed by atoms with Gasteiger partial charge in [-0.15, -0.1) is 0 Å². The Morgan fingerprint density at radius 3 is 2.42 bits per heavy atom. The number of carbonyl (C=O) groups excluding carboxylic acids is 3. The van der Waals surface area contributed by atoms with Crippen molar-refractivity contribution in [3.63, 3.8) is 0 Å². The summed E-state index contributed by atoms with van der Waals surface area (Å²) in [5, 5.41) is 8.56. The third-order valence-corrected chi connectivity index (χ3v) is 5.43. The predicted octanol–water partition coefficient (Wildman–Crippen LogP) is 2.17. The molecule has 0 saturated carbocycles. The van der Waals surface area contributed by atoms with E-state index in [9.17, 15) is 27.6 Å². The SMILES string of the molecule is CCN(CCN)C(=O)[C@H](CNCc1ccc(Cl)cc1)NC(=O)CNC(=O)c1cccc(C(F)(F)F)c1. The van der Waals surface area contributed by atoms with Crippen LogP contribution in [0.3, 0.4) is 0 Å². The Kier molecular flexibility index (Phi) is 11.2. The zero-order chi connectivity index (χ0) is 26.7. The highest BCUT2D eigenvalue weighted by atomic mass is 35.5. The minimum atomic E-state index is -4.60. The monoisotopic (exact) mass is 527 g/mol. The molecule has 3 amide bonds. The first kappa shape index (κ1) is 29.1. The summed E-state index contributed by atoms with van der Waals surface area (Å²) in [6.07, 6.45) is -4.60. The molecule has 12 heteroatoms. The molecule has 0 bridgehead atoms. The molecule has 2 aromatic rings. The molecular weight excluding hydrogens is 499 g/mol. The second-order valence-electron chi connectivity index (χ2n) is 7.85. The molecule has 1 atom stereocenters. The van der Waals surface area contributed by atoms with Crippen molar-refractivity contribution in [1.29, 1.82) is 0 Å². The number of rotatable bonds is 12. The molecule has 36 heavy (non-hydrogen) atoms. The smallest absolute Gasteiger partial charge is 0.343 e. The number of nitrogens with two attached hydrogens (primary N) is 1. The van der Waals surface area contributed by atoms with Gasteiger partial charge in [-0.25, -0.2) is 0 Å². The third kappa shape index (κ3) is 9.14. The molecule has 0 unspecified atom stereocenters. The molecule has 0 fully saturated rings. The first-order valence-corrected chi connectivity index (χ1v) is 11.6. The number of hydrogen-bond donors (Lipinski definition) is 4. The van der Waals surface area contributed by atoms with Crippen molar-refractivity contribution in [1.82, 2.24) is 20.9 Å². The maximum absolute atomic E-state index is 13.0. The average molecular weight is 528 g/mol. The number of alkyl halides is 3. The van der Waals surface area contributed by atoms with E-state index in [1.165, 1.54) is 11.0 Å². The van der Waals surface area contributed by atoms with Crippen LogP contribution in [0.2, 0.25) is 5.02 Å². The highest BCUT2D eigenvalue weighted by Crippen LogP contribution is 2.29. The van der Waals surface area contributed by atoms with Crippen molar-refractivity contribution < 1.29 is 27.6 Å². The van der Waals surface area contributed by atoms with Gasteiger partial charge in [0.1, 0.15) is 6.04 Å². The molecule has 0 aliphatic carbocycles. The van der Waals surface area contributed by atoms with Crippen LogP contribution in [-0.2, 0) is 22.3 Å². The van der Waals surface area contributed by atoms with Crippen molar-refractivity contribution in [2.75, 3.05) is 32.7 Å². The van der Waals surface area contributed by atoms with Crippen molar-refractivity contribution in [3.05, 3.63) is 70.2 Å². The Balaban J connectivity index is 2.00. The largest absolute Gasteiger partial charge is 0.416 e. The lowest BCUT2D eigenvalue weighted by molar-refractivity contribution is -0.137. The first-order valence-electron chi connectivity index (χ1n) is 11.2. The first-order chi connectivity index (χ1) is 17.0. The summed E-state index contributed by atoms with van der Waals surface area (Å²) in [6, 6.07) is 10.0. The Morgan fingerprint density at radius 2 is 1.81 bits per heavy atom. The molecule has 0 saturated heterocycles. The van der Waals surface area contributed by atoms with Crippen LogP contribution in [-0.4, -0.2) is 61.4 Å². The summed E-state index contributed by atoms with van der Waals surface area (Å²) in [5.74, 6) is -1.88. The van der Waals surface area contributed by atoms with Gasteiger partial charge in [-0.2, -0.15) is 13.2 Å². The molecule has 196 valence electrons. The lowest BCUT2D eigenvalue weighted by atomic mass is 10.1. The van der Waals surface area contributed by atoms with E-state index in [1.54, 1.807) is 19.1 Å². The fourth-order valence-corrected chi connectivity index (χ4v) is 3.43. The van der Waals surface area contributed by atoms with Crippen LogP contribution in [0.4, 0.5) is 13.2 Å². The quantitative estimate of drug-likeness (QED) is 0.337. The van der Waals surface area contributed by atoms with E-state index in [4.69, 9.17) is 17.3 Å². The Bertz CT molecular complexity index is 1030. The van der Waals surface area contributed by atoms with Gasteiger partial charge in [0.2, 0.25) is 11.8 Å². The van der Waals surface area contributed by atoms with Crippen molar-refractivity contribution in [3.8, 4) is 0 Å². The number of hydrogen-bond acceptors (Lipinski definition) is 5. The molecule has 0 radical (unpaired) electrons. The topological polar surface area (TPSA) is 117 Å². The van der Waals surface area contributed by atoms with Gasteiger partial charge in [0.05, 0.1) is 12.1 Å². The summed E-state index contributed by atoms with van der Waals surface area (Å²) in [5.41, 5.74) is 5.28. The summed E-state index contributed by atoms with van der Waals surface area (Å²) in [6.45, 7) is 2.67. The maximum atomic E-state index is 13.0. The van der Waals surface area contributed by atoms with Crippen LogP contribution in [0.5, 0.6) is 0 Å². The van der Waals surface area contributed by atoms with Crippen LogP contribution in [0.25, 0.3) is 0 Å². The Hall–Kier alpha value is -3.15. The van der Waals surface area contributed by atoms with E-state index in [0.717, 1.165) is 17.7 Å². The molecule has 0 spiro atoms. The van der Waals surface area contributed by atoms with Gasteiger partial charge in [0.15, 0.2) is 0 Å². The van der Waals surface area contributed by atoms with Gasteiger partial charge in [-0.1, -0.05) is 29.8 Å². The molecule has 2 aromatic carbocycles. The zero-order valence-electron chi connectivity index (χ0n) is 19.7. The second kappa shape index (κ2) is 13.8. The van der Waals surface area contributed by atoms with Crippen molar-refractivity contribution in [2.45, 2.75) is 25.7 Å². The Morgan fingerprint density at radius 1 is 1.11 bits per heavy atom. The number of benzene rings is 2. The van der Waals surface area contributed by atoms with E-state index in [1.807, 2.05) is 12.1 Å². The highest BCUT2D eigenvalue weighted by molar-refractivity contribution is 6.30. The molecule has 5 N–H and O–H groups in total. The van der Waals surface area contributed by atoms with Crippen molar-refractivity contribution in [2.24, 2.45) is 5.73 Å². The number of carbonyl (C=O) groups is 3. The van der Waals surface area contributed by atoms with E-state index in [0.29, 0.717) is 30.7 Å². The Labute approximate surface area is 212 Å². The van der Waals surface area contributed by atoms with Gasteiger partial charge in [0, 0.05) is 43.3 Å². The van der Waals surface area contributed by atoms with E-state index in [-0.39, 0.29) is 24.6 Å². The second-order valence-corrected chi connectivity index (χ2v) is 8.28. The predicted molar refractivity (Wildman–Crippen MR) is 130 cm³/mol. The zero-order valence-corrected chi connectivity index (χ0v) is 20.5. The summed E-state index contributed by atoms with van der Waals surface area (Å²) >= 11 is 5.89. The van der Waals surface area contributed by atoms with Gasteiger partial charge >= 0.3 is 6.18 Å². The number of halogens is 4. The maximum Gasteiger partial charge on any atom is 0.416 e. The number of nitrogens with one attached hydrogen (secondary N) is 3. The van der Waals surface area contributed by atoms with E-state index in [2.05, 4.69) is 16.0 Å². The fraction of sp³-hybridized carbons (Fsp3) is 0.375. The molecular formula is C24H29ClF3N5O3. The van der Waals surface area contributed by atoms with Crippen LogP contribution in [0.15, 0.2) is 48.5 Å². The molecule has 0 aliphatic heterocycles. The average Bonchev–Trinajstić information content (AvgIpc) is 2.85. The number of amides is 3. The van der Waals surface area contributed by atoms with E-state index < -0.39 is 36.1 Å². The minimum Gasteiger partial charge on any atom is -0.343 e. The normalized spacial score (nSPS) is 12.1. The standard InChI is InChI=1S/C24H29ClF3N5O3/c1-2-33(11-10-29)23(36)20(14-30-13-16-6-8-19(25)9-7-16)32-21(34)15-31-22(35)17-4-3-5-18(12-17)24(26,27)28/h3-9,12,20,30H,2,10-11,13-15,29H2,1H3,(H,31,35)(H,32,34)/t20-/m0/s1. The van der Waals surface area contributed by atoms with Crippen LogP contribution < -0.4 is 21.7 Å². The van der Waals surface area contributed by atoms with E-state index >= 15 is 0 Å². The number of nitrogens with zero attached hydrogens (tertiary/aromatic N) is 1. The minimum absolute atomic E-state index is 0.0931. The molecule has 0 aromatic heterocycles. The van der Waals surface area contributed by atoms with Crippen LogP contribution >= 0.6 is 11.6 Å². The van der Waals surface area contributed by atoms with Gasteiger partial charge in [-0.05, 0) is 42.8 Å². The third-order valence-electron chi connectivity index (χ3n) is 5.18. The molecule has 0 aliphatic rings. The van der Waals surface area contributed by atoms with Gasteiger partial charge in [-0.3, -0.25) is 14.4 Å². The lowest BCUT2D eigenvalue weighted by Gasteiger charge is -2.27. The lowest BCUT2D eigenvalue weighted by Crippen LogP contribution is -2.55. The van der Waals surface area contributed by atoms with Gasteiger partial charge in [0.25, 0.3) is 5.91 Å². The van der Waals surface area contributed by atoms with Crippen LogP contribution in [0.1, 0.15) is 28.4 Å². The molecule has 2 rings (SSSR count). The number of likely N-dealkylation sites (N-methyl/N-ethyl adjacent to an activating group) is 1. The van der Waals surface area contributed by atoms with Crippen LogP contribution in [0, 0.1) is 0 Å². The molecule has 0 heterocycles. The summed E-state index contributed by atoms with van der Waals surface area (Å²) < 4.78 is 38.7. The highest BCUT2D eigenvalue weighted by Gasteiger charge is 2.31. The summed E-state index contributed by atoms with van der Waals surface area (Å²) in [7, 11) is 0.